The highest BCUT2D eigenvalue weighted by Crippen LogP contribution is 2.24. The Bertz CT molecular complexity index is 1150. The number of nitrogens with zero attached hydrogens (tertiary/aromatic N) is 2. The van der Waals surface area contributed by atoms with Crippen molar-refractivity contribution in [3.8, 4) is 0 Å². The van der Waals surface area contributed by atoms with Crippen LogP contribution in [0.5, 0.6) is 0 Å². The summed E-state index contributed by atoms with van der Waals surface area (Å²) in [6.07, 6.45) is 1.57. The van der Waals surface area contributed by atoms with Crippen LogP contribution in [0.1, 0.15) is 18.4 Å². The maximum Gasteiger partial charge on any atom is 0.358 e. The third-order valence-electron chi connectivity index (χ3n) is 5.03. The molecule has 3 N–H and O–H groups in total. The van der Waals surface area contributed by atoms with E-state index in [1.807, 2.05) is 6.07 Å². The average molecular weight is 494 g/mol. The van der Waals surface area contributed by atoms with Crippen molar-refractivity contribution in [2.75, 3.05) is 11.9 Å². The number of carbonyl (C=O) groups is 2. The number of hydrogen-bond donors (Lipinski definition) is 3. The van der Waals surface area contributed by atoms with Crippen LogP contribution >= 0.6 is 11.3 Å². The molecule has 2 atom stereocenters. The van der Waals surface area contributed by atoms with Gasteiger partial charge in [-0.05, 0) is 48.7 Å². The van der Waals surface area contributed by atoms with E-state index in [4.69, 9.17) is 0 Å². The van der Waals surface area contributed by atoms with Gasteiger partial charge in [-0.3, -0.25) is 4.79 Å². The van der Waals surface area contributed by atoms with Crippen molar-refractivity contribution in [3.05, 3.63) is 59.1 Å². The Morgan fingerprint density at radius 3 is 2.67 bits per heavy atom. The molecule has 1 aliphatic rings. The highest BCUT2D eigenvalue weighted by atomic mass is 32.2. The van der Waals surface area contributed by atoms with Crippen LogP contribution in [0.25, 0.3) is 10.2 Å². The van der Waals surface area contributed by atoms with Gasteiger partial charge in [0.25, 0.3) is 0 Å². The number of anilines is 1. The smallest absolute Gasteiger partial charge is 0.358 e. The van der Waals surface area contributed by atoms with E-state index in [9.17, 15) is 22.9 Å². The molecule has 1 aliphatic carbocycles. The standard InChI is InChI=1S/C21H21F2N5O3S2/c1-28(16-4-5-19-17(10-16)24-11-32-19)20(29)18(8-12-6-13(22)9-14(23)7-12)25-21(30)27-33(31)26-15-2-3-15/h4-7,9-11,15,18,26H,2-3,8H2,1H3,(H2,25,27,30)/t18-,33?/m0/s1. The molecule has 8 nitrogen and oxygen atoms in total. The molecule has 2 aromatic carbocycles. The summed E-state index contributed by atoms with van der Waals surface area (Å²) in [5, 5.41) is 2.48. The van der Waals surface area contributed by atoms with Gasteiger partial charge in [-0.25, -0.2) is 18.6 Å². The van der Waals surface area contributed by atoms with Gasteiger partial charge in [-0.1, -0.05) is 0 Å². The molecule has 3 amide bonds. The maximum atomic E-state index is 13.7. The Kier molecular flexibility index (Phi) is 7.08. The first-order chi connectivity index (χ1) is 15.8. The number of carbonyl (C=O) groups excluding carboxylic acids is 2. The highest BCUT2D eigenvalue weighted by Gasteiger charge is 2.30. The molecule has 1 fully saturated rings. The topological polar surface area (TPSA) is 109 Å². The zero-order valence-electron chi connectivity index (χ0n) is 17.5. The number of amides is 3. The van der Waals surface area contributed by atoms with Crippen molar-refractivity contribution in [1.29, 1.82) is 0 Å². The van der Waals surface area contributed by atoms with Crippen molar-refractivity contribution >= 4 is 50.7 Å². The predicted octanol–water partition coefficient (Wildman–Crippen LogP) is 2.78. The van der Waals surface area contributed by atoms with Crippen LogP contribution in [0, 0.1) is 11.6 Å². The minimum absolute atomic E-state index is 0.0885. The molecule has 0 saturated heterocycles. The molecule has 12 heteroatoms. The molecule has 1 heterocycles. The summed E-state index contributed by atoms with van der Waals surface area (Å²) < 4.78 is 45.3. The fraction of sp³-hybridized carbons (Fsp3) is 0.286. The van der Waals surface area contributed by atoms with Gasteiger partial charge in [-0.15, -0.1) is 20.8 Å². The van der Waals surface area contributed by atoms with Gasteiger partial charge >= 0.3 is 6.03 Å². The second-order valence-electron chi connectivity index (χ2n) is 7.67. The largest absolute Gasteiger partial charge is 0.573 e. The van der Waals surface area contributed by atoms with Gasteiger partial charge in [0.1, 0.15) is 17.7 Å². The van der Waals surface area contributed by atoms with Crippen molar-refractivity contribution in [2.24, 2.45) is 0 Å². The first-order valence-corrected chi connectivity index (χ1v) is 12.1. The Morgan fingerprint density at radius 1 is 1.24 bits per heavy atom. The lowest BCUT2D eigenvalue weighted by atomic mass is 10.0. The number of rotatable bonds is 8. The van der Waals surface area contributed by atoms with Crippen LogP contribution in [-0.2, 0) is 22.8 Å². The molecule has 174 valence electrons. The molecule has 0 bridgehead atoms. The van der Waals surface area contributed by atoms with E-state index < -0.39 is 41.2 Å². The van der Waals surface area contributed by atoms with Crippen molar-refractivity contribution in [2.45, 2.75) is 31.3 Å². The highest BCUT2D eigenvalue weighted by molar-refractivity contribution is 7.88. The number of benzene rings is 2. The van der Waals surface area contributed by atoms with Gasteiger partial charge in [-0.2, -0.15) is 0 Å². The number of likely N-dealkylation sites (N-methyl/N-ethyl adjacent to an activating group) is 1. The first kappa shape index (κ1) is 23.4. The molecule has 1 aromatic heterocycles. The molecular weight excluding hydrogens is 472 g/mol. The maximum absolute atomic E-state index is 13.7. The van der Waals surface area contributed by atoms with Gasteiger partial charge in [0, 0.05) is 25.2 Å². The fourth-order valence-electron chi connectivity index (χ4n) is 3.23. The Hall–Kier alpha value is -2.80. The zero-order chi connectivity index (χ0) is 23.5. The van der Waals surface area contributed by atoms with E-state index in [0.717, 1.165) is 35.7 Å². The van der Waals surface area contributed by atoms with Gasteiger partial charge in [0.05, 0.1) is 21.8 Å². The van der Waals surface area contributed by atoms with Crippen LogP contribution in [0.3, 0.4) is 0 Å². The summed E-state index contributed by atoms with van der Waals surface area (Å²) >= 11 is -0.359. The number of aromatic nitrogens is 1. The van der Waals surface area contributed by atoms with Gasteiger partial charge in [0.2, 0.25) is 5.91 Å². The lowest BCUT2D eigenvalue weighted by Crippen LogP contribution is -2.54. The van der Waals surface area contributed by atoms with Crippen LogP contribution < -0.4 is 19.7 Å². The Morgan fingerprint density at radius 2 is 1.97 bits per heavy atom. The summed E-state index contributed by atoms with van der Waals surface area (Å²) in [6.45, 7) is 0. The monoisotopic (exact) mass is 493 g/mol. The van der Waals surface area contributed by atoms with Crippen molar-refractivity contribution < 1.29 is 22.9 Å². The van der Waals surface area contributed by atoms with E-state index in [2.05, 4.69) is 19.7 Å². The second kappa shape index (κ2) is 10.00. The summed E-state index contributed by atoms with van der Waals surface area (Å²) in [4.78, 5) is 31.3. The first-order valence-electron chi connectivity index (χ1n) is 10.1. The number of halogens is 2. The molecule has 1 unspecified atom stereocenters. The van der Waals surface area contributed by atoms with Crippen molar-refractivity contribution in [1.82, 2.24) is 19.7 Å². The van der Waals surface area contributed by atoms with Gasteiger partial charge in [0.15, 0.2) is 11.5 Å². The SMILES string of the molecule is CN(C(=O)[C@H](Cc1cc(F)cc(F)c1)NC(=O)N[S+]([O-])NC1CC1)c1ccc2scnc2c1. The Balaban J connectivity index is 1.52. The summed E-state index contributed by atoms with van der Waals surface area (Å²) in [7, 11) is 1.53. The zero-order valence-corrected chi connectivity index (χ0v) is 19.1. The number of urea groups is 1. The van der Waals surface area contributed by atoms with E-state index in [1.165, 1.54) is 23.3 Å². The summed E-state index contributed by atoms with van der Waals surface area (Å²) in [5.74, 6) is -2.11. The fourth-order valence-corrected chi connectivity index (χ4v) is 4.72. The van der Waals surface area contributed by atoms with Crippen LogP contribution in [0.2, 0.25) is 0 Å². The normalized spacial score (nSPS) is 15.2. The molecule has 0 spiro atoms. The number of hydrogen-bond acceptors (Lipinski definition) is 6. The quantitative estimate of drug-likeness (QED) is 0.418. The van der Waals surface area contributed by atoms with Gasteiger partial charge < -0.3 is 14.8 Å². The molecule has 1 saturated carbocycles. The number of fused-ring (bicyclic) bond motifs is 1. The van der Waals surface area contributed by atoms with Crippen molar-refractivity contribution in [3.63, 3.8) is 0 Å². The minimum atomic E-state index is -1.82. The summed E-state index contributed by atoms with van der Waals surface area (Å²) in [5.41, 5.74) is 3.13. The molecule has 33 heavy (non-hydrogen) atoms. The van der Waals surface area contributed by atoms with E-state index in [-0.39, 0.29) is 18.0 Å². The predicted molar refractivity (Wildman–Crippen MR) is 123 cm³/mol. The number of thiazole rings is 1. The third kappa shape index (κ3) is 6.16. The van der Waals surface area contributed by atoms with E-state index in [1.54, 1.807) is 17.6 Å². The lowest BCUT2D eigenvalue weighted by Gasteiger charge is -2.25. The van der Waals surface area contributed by atoms with E-state index in [0.29, 0.717) is 11.2 Å². The summed E-state index contributed by atoms with van der Waals surface area (Å²) in [6, 6.07) is 6.28. The lowest BCUT2D eigenvalue weighted by molar-refractivity contribution is -0.120. The molecule has 4 rings (SSSR count). The molecule has 0 aliphatic heterocycles. The third-order valence-corrected chi connectivity index (χ3v) is 6.76. The van der Waals surface area contributed by atoms with E-state index >= 15 is 0 Å². The molecular formula is C21H21F2N5O3S2. The minimum Gasteiger partial charge on any atom is -0.573 e. The number of nitrogens with one attached hydrogen (secondary N) is 3. The average Bonchev–Trinajstić information content (AvgIpc) is 3.43. The second-order valence-corrected chi connectivity index (χ2v) is 9.54. The van der Waals surface area contributed by atoms with Crippen LogP contribution in [-0.4, -0.2) is 40.6 Å². The van der Waals surface area contributed by atoms with Crippen LogP contribution in [0.4, 0.5) is 19.3 Å². The Labute approximate surface area is 195 Å². The molecule has 3 aromatic rings. The molecule has 0 radical (unpaired) electrons. The van der Waals surface area contributed by atoms with Crippen LogP contribution in [0.15, 0.2) is 41.9 Å².